The third-order valence-electron chi connectivity index (χ3n) is 5.12. The summed E-state index contributed by atoms with van der Waals surface area (Å²) in [7, 11) is 0. The van der Waals surface area contributed by atoms with Crippen molar-refractivity contribution in [3.8, 4) is 11.5 Å². The van der Waals surface area contributed by atoms with Crippen LogP contribution < -0.4 is 9.47 Å². The van der Waals surface area contributed by atoms with Gasteiger partial charge in [-0.25, -0.2) is 0 Å². The Morgan fingerprint density at radius 3 is 1.60 bits per heavy atom. The Hall–Kier alpha value is -0.412. The molecular formula is C24H26O4Y2-2. The van der Waals surface area contributed by atoms with Crippen LogP contribution in [0.4, 0.5) is 0 Å². The molecule has 154 valence electrons. The van der Waals surface area contributed by atoms with E-state index in [1.165, 1.54) is 0 Å². The number of fused-ring (bicyclic) bond motifs is 2. The Morgan fingerprint density at radius 1 is 0.833 bits per heavy atom. The van der Waals surface area contributed by atoms with Crippen molar-refractivity contribution in [1.29, 1.82) is 0 Å². The smallest absolute Gasteiger partial charge is 0.172 e. The molecule has 2 heterocycles. The molecule has 2 aromatic rings. The van der Waals surface area contributed by atoms with Crippen LogP contribution in [0.1, 0.15) is 50.7 Å². The van der Waals surface area contributed by atoms with Crippen LogP contribution in [0.5, 0.6) is 11.5 Å². The van der Waals surface area contributed by atoms with Crippen LogP contribution in [-0.4, -0.2) is 23.8 Å². The molecule has 0 aromatic heterocycles. The Morgan fingerprint density at radius 2 is 1.23 bits per heavy atom. The molecule has 0 amide bonds. The van der Waals surface area contributed by atoms with E-state index in [1.54, 1.807) is 0 Å². The minimum atomic E-state index is -0.227. The molecule has 0 aliphatic carbocycles. The molecule has 0 spiro atoms. The standard InChI is InChI=1S/2C12H13O2.2Y/c2*1-2-10(13)12-8-7-9-5-3-4-6-11(9)14-12;;/h2*4-6,12H,2,7-8H2,1H3;;/q2*-1;;/t2*12-;;/m10../s1. The fourth-order valence-corrected chi connectivity index (χ4v) is 3.43. The van der Waals surface area contributed by atoms with Gasteiger partial charge in [-0.2, -0.15) is 36.4 Å². The van der Waals surface area contributed by atoms with Gasteiger partial charge in [-0.3, -0.25) is 9.59 Å². The number of hydrogen-bond acceptors (Lipinski definition) is 4. The van der Waals surface area contributed by atoms with E-state index >= 15 is 0 Å². The van der Waals surface area contributed by atoms with Gasteiger partial charge in [-0.05, 0) is 12.8 Å². The summed E-state index contributed by atoms with van der Waals surface area (Å²) in [4.78, 5) is 22.9. The van der Waals surface area contributed by atoms with Crippen molar-refractivity contribution >= 4 is 11.6 Å². The zero-order chi connectivity index (χ0) is 19.9. The van der Waals surface area contributed by atoms with Crippen molar-refractivity contribution in [1.82, 2.24) is 0 Å². The summed E-state index contributed by atoms with van der Waals surface area (Å²) in [6, 6.07) is 17.3. The number of rotatable bonds is 4. The minimum Gasteiger partial charge on any atom is -0.508 e. The van der Waals surface area contributed by atoms with Gasteiger partial charge in [0.2, 0.25) is 0 Å². The summed E-state index contributed by atoms with van der Waals surface area (Å²) in [6.07, 6.45) is 4.10. The van der Waals surface area contributed by atoms with Gasteiger partial charge in [-0.15, -0.1) is 23.3 Å². The summed E-state index contributed by atoms with van der Waals surface area (Å²) < 4.78 is 11.2. The summed E-state index contributed by atoms with van der Waals surface area (Å²) in [5, 5.41) is 0. The van der Waals surface area contributed by atoms with Gasteiger partial charge in [-0.1, -0.05) is 26.7 Å². The molecular weight excluding hydrogens is 530 g/mol. The number of carbonyl (C=O) groups is 2. The third-order valence-corrected chi connectivity index (χ3v) is 5.12. The molecule has 0 unspecified atom stereocenters. The Bertz CT molecular complexity index is 768. The van der Waals surface area contributed by atoms with Crippen LogP contribution >= 0.6 is 0 Å². The molecule has 0 fully saturated rings. The first-order valence-corrected chi connectivity index (χ1v) is 9.99. The van der Waals surface area contributed by atoms with Crippen LogP contribution in [-0.2, 0) is 87.8 Å². The molecule has 0 bridgehead atoms. The molecule has 2 aliphatic heterocycles. The molecule has 0 saturated heterocycles. The molecule has 30 heavy (non-hydrogen) atoms. The average Bonchev–Trinajstić information content (AvgIpc) is 2.77. The van der Waals surface area contributed by atoms with Gasteiger partial charge in [0, 0.05) is 89.8 Å². The number of ketones is 2. The maximum absolute atomic E-state index is 11.4. The van der Waals surface area contributed by atoms with E-state index in [2.05, 4.69) is 12.1 Å². The third kappa shape index (κ3) is 7.33. The van der Waals surface area contributed by atoms with Crippen LogP contribution in [0.25, 0.3) is 0 Å². The summed E-state index contributed by atoms with van der Waals surface area (Å²) in [5.74, 6) is 2.09. The SMILES string of the molecule is CCC(=O)[C@@H]1CCc2c[c-]ccc2O1.CCC(=O)[C@H]1CCc2c[c-]ccc2O1.[Y].[Y]. The average molecular weight is 556 g/mol. The first-order chi connectivity index (χ1) is 13.6. The van der Waals surface area contributed by atoms with Crippen molar-refractivity contribution in [3.63, 3.8) is 0 Å². The minimum absolute atomic E-state index is 0. The number of hydrogen-bond donors (Lipinski definition) is 0. The predicted octanol–water partition coefficient (Wildman–Crippen LogP) is 4.31. The fraction of sp³-hybridized carbons (Fsp3) is 0.417. The van der Waals surface area contributed by atoms with Gasteiger partial charge < -0.3 is 9.47 Å². The number of benzene rings is 2. The zero-order valence-electron chi connectivity index (χ0n) is 17.6. The Balaban J connectivity index is 0.000000281. The molecule has 2 radical (unpaired) electrons. The summed E-state index contributed by atoms with van der Waals surface area (Å²) >= 11 is 0. The second kappa shape index (κ2) is 13.9. The van der Waals surface area contributed by atoms with Crippen LogP contribution in [0.2, 0.25) is 0 Å². The van der Waals surface area contributed by atoms with Crippen molar-refractivity contribution in [3.05, 3.63) is 59.7 Å². The number of carbonyl (C=O) groups excluding carboxylic acids is 2. The largest absolute Gasteiger partial charge is 0.508 e. The molecule has 4 nitrogen and oxygen atoms in total. The van der Waals surface area contributed by atoms with E-state index in [-0.39, 0.29) is 89.2 Å². The van der Waals surface area contributed by atoms with Crippen molar-refractivity contribution < 1.29 is 84.5 Å². The van der Waals surface area contributed by atoms with Gasteiger partial charge in [0.05, 0.1) is 0 Å². The molecule has 2 atom stereocenters. The van der Waals surface area contributed by atoms with Gasteiger partial charge in [0.15, 0.2) is 23.8 Å². The number of ether oxygens (including phenoxy) is 2. The molecule has 2 aromatic carbocycles. The topological polar surface area (TPSA) is 52.6 Å². The summed E-state index contributed by atoms with van der Waals surface area (Å²) in [6.45, 7) is 3.75. The molecule has 2 aliphatic rings. The zero-order valence-corrected chi connectivity index (χ0v) is 23.3. The second-order valence-electron chi connectivity index (χ2n) is 7.00. The Kier molecular flexibility index (Phi) is 12.8. The van der Waals surface area contributed by atoms with E-state index in [1.807, 2.05) is 50.2 Å². The maximum atomic E-state index is 11.4. The van der Waals surface area contributed by atoms with Gasteiger partial charge >= 0.3 is 0 Å². The van der Waals surface area contributed by atoms with E-state index in [0.717, 1.165) is 48.3 Å². The molecule has 4 rings (SSSR count). The normalized spacial score (nSPS) is 18.3. The van der Waals surface area contributed by atoms with Crippen LogP contribution in [0.3, 0.4) is 0 Å². The Labute approximate surface area is 229 Å². The van der Waals surface area contributed by atoms with Crippen molar-refractivity contribution in [2.75, 3.05) is 0 Å². The molecule has 6 heteroatoms. The van der Waals surface area contributed by atoms with E-state index in [4.69, 9.17) is 9.47 Å². The fourth-order valence-electron chi connectivity index (χ4n) is 3.43. The molecule has 0 saturated carbocycles. The van der Waals surface area contributed by atoms with E-state index < -0.39 is 0 Å². The van der Waals surface area contributed by atoms with Crippen LogP contribution in [0, 0.1) is 12.1 Å². The number of Topliss-reactive ketones (excluding diaryl/α,β-unsaturated/α-hetero) is 2. The second-order valence-corrected chi connectivity index (χ2v) is 7.00. The molecule has 0 N–H and O–H groups in total. The van der Waals surface area contributed by atoms with Crippen molar-refractivity contribution in [2.24, 2.45) is 0 Å². The first-order valence-electron chi connectivity index (χ1n) is 9.99. The summed E-state index contributed by atoms with van der Waals surface area (Å²) in [5.41, 5.74) is 2.32. The monoisotopic (exact) mass is 556 g/mol. The maximum Gasteiger partial charge on any atom is 0.172 e. The van der Waals surface area contributed by atoms with Gasteiger partial charge in [0.1, 0.15) is 0 Å². The quantitative estimate of drug-likeness (QED) is 0.527. The van der Waals surface area contributed by atoms with Crippen LogP contribution in [0.15, 0.2) is 36.4 Å². The van der Waals surface area contributed by atoms with Crippen molar-refractivity contribution in [2.45, 2.75) is 64.6 Å². The first kappa shape index (κ1) is 27.6. The van der Waals surface area contributed by atoms with Gasteiger partial charge in [0.25, 0.3) is 0 Å². The predicted molar refractivity (Wildman–Crippen MR) is 107 cm³/mol. The van der Waals surface area contributed by atoms with E-state index in [9.17, 15) is 9.59 Å². The van der Waals surface area contributed by atoms with E-state index in [0.29, 0.717) is 12.8 Å². The number of aryl methyl sites for hydroxylation is 2.